The van der Waals surface area contributed by atoms with Gasteiger partial charge >= 0.3 is 0 Å². The fraction of sp³-hybridized carbons (Fsp3) is 0.400. The van der Waals surface area contributed by atoms with Crippen molar-refractivity contribution in [2.75, 3.05) is 45.8 Å². The summed E-state index contributed by atoms with van der Waals surface area (Å²) in [6, 6.07) is 15.0. The van der Waals surface area contributed by atoms with Crippen molar-refractivity contribution in [1.29, 1.82) is 0 Å². The Balaban J connectivity index is 1.29. The van der Waals surface area contributed by atoms with Crippen molar-refractivity contribution in [2.24, 2.45) is 5.92 Å². The van der Waals surface area contributed by atoms with Gasteiger partial charge in [0.05, 0.1) is 10.8 Å². The standard InChI is InChI=1S/C25H30FN3O3S/c26-23-10-12-24(13-11-23)33(31,32)29-15-5-9-22(20-29)25(30)28-18-16-27(17-19-28)14-4-8-21-6-2-1-3-7-21/h1-4,6-8,10-13,22H,5,9,14-20H2/b8-4+/t22-/m0/s1. The highest BCUT2D eigenvalue weighted by Crippen LogP contribution is 2.25. The number of sulfonamides is 1. The molecule has 2 aromatic rings. The lowest BCUT2D eigenvalue weighted by atomic mass is 9.98. The zero-order valence-electron chi connectivity index (χ0n) is 18.6. The molecule has 0 bridgehead atoms. The average Bonchev–Trinajstić information content (AvgIpc) is 2.85. The van der Waals surface area contributed by atoms with Crippen LogP contribution < -0.4 is 0 Å². The van der Waals surface area contributed by atoms with E-state index in [-0.39, 0.29) is 23.3 Å². The molecule has 0 radical (unpaired) electrons. The second kappa shape index (κ2) is 10.6. The summed E-state index contributed by atoms with van der Waals surface area (Å²) in [5.74, 6) is -0.776. The normalized spacial score (nSPS) is 20.9. The first-order valence-corrected chi connectivity index (χ1v) is 12.9. The van der Waals surface area contributed by atoms with Crippen LogP contribution in [0.5, 0.6) is 0 Å². The maximum Gasteiger partial charge on any atom is 0.243 e. The zero-order valence-corrected chi connectivity index (χ0v) is 19.5. The summed E-state index contributed by atoms with van der Waals surface area (Å²) >= 11 is 0. The van der Waals surface area contributed by atoms with Crippen LogP contribution in [0, 0.1) is 11.7 Å². The number of piperazine rings is 1. The van der Waals surface area contributed by atoms with Gasteiger partial charge in [-0.05, 0) is 42.7 Å². The Kier molecular flexibility index (Phi) is 7.57. The molecule has 2 heterocycles. The van der Waals surface area contributed by atoms with Crippen LogP contribution in [0.4, 0.5) is 4.39 Å². The molecular formula is C25H30FN3O3S. The van der Waals surface area contributed by atoms with Gasteiger partial charge < -0.3 is 4.90 Å². The highest BCUT2D eigenvalue weighted by Gasteiger charge is 2.35. The van der Waals surface area contributed by atoms with Crippen molar-refractivity contribution in [2.45, 2.75) is 17.7 Å². The van der Waals surface area contributed by atoms with Crippen LogP contribution >= 0.6 is 0 Å². The van der Waals surface area contributed by atoms with Crippen LogP contribution in [0.3, 0.4) is 0 Å². The molecule has 0 N–H and O–H groups in total. The first-order valence-electron chi connectivity index (χ1n) is 11.4. The van der Waals surface area contributed by atoms with Gasteiger partial charge in [-0.25, -0.2) is 12.8 Å². The van der Waals surface area contributed by atoms with Crippen LogP contribution in [0.1, 0.15) is 18.4 Å². The maximum absolute atomic E-state index is 13.2. The molecule has 6 nitrogen and oxygen atoms in total. The number of halogens is 1. The van der Waals surface area contributed by atoms with Crippen LogP contribution in [0.15, 0.2) is 65.6 Å². The molecule has 4 rings (SSSR count). The Hall–Kier alpha value is -2.55. The lowest BCUT2D eigenvalue weighted by molar-refractivity contribution is -0.138. The second-order valence-electron chi connectivity index (χ2n) is 8.60. The van der Waals surface area contributed by atoms with Gasteiger partial charge in [0.1, 0.15) is 5.82 Å². The molecule has 0 unspecified atom stereocenters. The van der Waals surface area contributed by atoms with Crippen molar-refractivity contribution < 1.29 is 17.6 Å². The summed E-state index contributed by atoms with van der Waals surface area (Å²) in [6.45, 7) is 4.30. The van der Waals surface area contributed by atoms with Gasteiger partial charge in [-0.15, -0.1) is 0 Å². The summed E-state index contributed by atoms with van der Waals surface area (Å²) in [4.78, 5) is 17.4. The first-order chi connectivity index (χ1) is 15.9. The molecule has 2 saturated heterocycles. The number of carbonyl (C=O) groups excluding carboxylic acids is 1. The monoisotopic (exact) mass is 471 g/mol. The third-order valence-corrected chi connectivity index (χ3v) is 8.22. The fourth-order valence-electron chi connectivity index (χ4n) is 4.43. The van der Waals surface area contributed by atoms with Gasteiger partial charge in [0.2, 0.25) is 15.9 Å². The second-order valence-corrected chi connectivity index (χ2v) is 10.5. The van der Waals surface area contributed by atoms with E-state index in [1.807, 2.05) is 23.1 Å². The molecule has 33 heavy (non-hydrogen) atoms. The Bertz CT molecular complexity index is 1070. The topological polar surface area (TPSA) is 60.9 Å². The maximum atomic E-state index is 13.2. The number of rotatable bonds is 6. The number of carbonyl (C=O) groups is 1. The molecule has 1 amide bonds. The van der Waals surface area contributed by atoms with Crippen molar-refractivity contribution in [1.82, 2.24) is 14.1 Å². The van der Waals surface area contributed by atoms with Gasteiger partial charge in [-0.1, -0.05) is 42.5 Å². The van der Waals surface area contributed by atoms with E-state index < -0.39 is 15.8 Å². The largest absolute Gasteiger partial charge is 0.340 e. The Labute approximate surface area is 195 Å². The van der Waals surface area contributed by atoms with Crippen molar-refractivity contribution in [3.05, 3.63) is 72.1 Å². The van der Waals surface area contributed by atoms with E-state index in [0.29, 0.717) is 32.5 Å². The molecule has 2 aliphatic rings. The predicted molar refractivity (Wildman–Crippen MR) is 126 cm³/mol. The zero-order chi connectivity index (χ0) is 23.3. The summed E-state index contributed by atoms with van der Waals surface area (Å²) in [6.07, 6.45) is 5.58. The average molecular weight is 472 g/mol. The van der Waals surface area contributed by atoms with E-state index in [1.165, 1.54) is 22.0 Å². The van der Waals surface area contributed by atoms with E-state index in [2.05, 4.69) is 29.2 Å². The van der Waals surface area contributed by atoms with Crippen molar-refractivity contribution in [3.63, 3.8) is 0 Å². The highest BCUT2D eigenvalue weighted by atomic mass is 32.2. The highest BCUT2D eigenvalue weighted by molar-refractivity contribution is 7.89. The van der Waals surface area contributed by atoms with Gasteiger partial charge in [-0.2, -0.15) is 4.31 Å². The number of piperidine rings is 1. The van der Waals surface area contributed by atoms with Gasteiger partial charge in [-0.3, -0.25) is 9.69 Å². The lowest BCUT2D eigenvalue weighted by Crippen LogP contribution is -2.53. The minimum absolute atomic E-state index is 0.0356. The quantitative estimate of drug-likeness (QED) is 0.650. The van der Waals surface area contributed by atoms with Crippen LogP contribution in [0.25, 0.3) is 6.08 Å². The Morgan fingerprint density at radius 1 is 0.970 bits per heavy atom. The minimum Gasteiger partial charge on any atom is -0.340 e. The van der Waals surface area contributed by atoms with E-state index in [0.717, 1.165) is 31.8 Å². The smallest absolute Gasteiger partial charge is 0.243 e. The number of hydrogen-bond acceptors (Lipinski definition) is 4. The predicted octanol–water partition coefficient (Wildman–Crippen LogP) is 3.08. The molecule has 2 fully saturated rings. The number of nitrogens with zero attached hydrogens (tertiary/aromatic N) is 3. The molecule has 0 spiro atoms. The molecule has 0 aliphatic carbocycles. The SMILES string of the molecule is O=C([C@H]1CCCN(S(=O)(=O)c2ccc(F)cc2)C1)N1CCN(C/C=C/c2ccccc2)CC1. The molecule has 1 atom stereocenters. The van der Waals surface area contributed by atoms with Crippen LogP contribution in [0.2, 0.25) is 0 Å². The molecule has 8 heteroatoms. The van der Waals surface area contributed by atoms with Gasteiger partial charge in [0, 0.05) is 45.8 Å². The minimum atomic E-state index is -3.74. The third-order valence-electron chi connectivity index (χ3n) is 6.34. The van der Waals surface area contributed by atoms with E-state index in [4.69, 9.17) is 0 Å². The Morgan fingerprint density at radius 3 is 2.36 bits per heavy atom. The number of amides is 1. The van der Waals surface area contributed by atoms with E-state index in [9.17, 15) is 17.6 Å². The number of benzene rings is 2. The molecule has 176 valence electrons. The van der Waals surface area contributed by atoms with Crippen LogP contribution in [-0.2, 0) is 14.8 Å². The molecular weight excluding hydrogens is 441 g/mol. The molecule has 2 aliphatic heterocycles. The Morgan fingerprint density at radius 2 is 1.67 bits per heavy atom. The third kappa shape index (κ3) is 5.88. The summed E-state index contributed by atoms with van der Waals surface area (Å²) in [5.41, 5.74) is 1.17. The summed E-state index contributed by atoms with van der Waals surface area (Å²) < 4.78 is 40.5. The molecule has 0 aromatic heterocycles. The van der Waals surface area contributed by atoms with Crippen molar-refractivity contribution >= 4 is 22.0 Å². The van der Waals surface area contributed by atoms with Gasteiger partial charge in [0.15, 0.2) is 0 Å². The fourth-order valence-corrected chi connectivity index (χ4v) is 5.95. The van der Waals surface area contributed by atoms with E-state index >= 15 is 0 Å². The van der Waals surface area contributed by atoms with E-state index in [1.54, 1.807) is 0 Å². The summed E-state index contributed by atoms with van der Waals surface area (Å²) in [7, 11) is -3.74. The molecule has 0 saturated carbocycles. The molecule has 2 aromatic carbocycles. The van der Waals surface area contributed by atoms with Crippen molar-refractivity contribution in [3.8, 4) is 0 Å². The number of hydrogen-bond donors (Lipinski definition) is 0. The van der Waals surface area contributed by atoms with Crippen LogP contribution in [-0.4, -0.2) is 74.2 Å². The lowest BCUT2D eigenvalue weighted by Gasteiger charge is -2.38. The first kappa shape index (κ1) is 23.6. The van der Waals surface area contributed by atoms with Gasteiger partial charge in [0.25, 0.3) is 0 Å². The summed E-state index contributed by atoms with van der Waals surface area (Å²) in [5, 5.41) is 0.